The smallest absolute Gasteiger partial charge is 0.250 e. The van der Waals surface area contributed by atoms with E-state index in [1.807, 2.05) is 0 Å². The summed E-state index contributed by atoms with van der Waals surface area (Å²) in [4.78, 5) is 6.14. The minimum absolute atomic E-state index is 0.334. The molecule has 0 fully saturated rings. The first-order valence-corrected chi connectivity index (χ1v) is 3.48. The summed E-state index contributed by atoms with van der Waals surface area (Å²) in [5, 5.41) is -0.334. The topological polar surface area (TPSA) is 25.8 Å². The number of halogens is 5. The number of nitrogens with zero attached hydrogens (tertiary/aromatic N) is 2. The van der Waals surface area contributed by atoms with Crippen molar-refractivity contribution in [2.24, 2.45) is 0 Å². The Morgan fingerprint density at radius 2 is 1.62 bits per heavy atom. The summed E-state index contributed by atoms with van der Waals surface area (Å²) in [6.07, 6.45) is -5.38. The van der Waals surface area contributed by atoms with Crippen LogP contribution in [0.1, 0.15) is 24.2 Å². The van der Waals surface area contributed by atoms with Gasteiger partial charge in [-0.05, 0) is 0 Å². The molecule has 0 saturated heterocycles. The molecule has 72 valence electrons. The van der Waals surface area contributed by atoms with Crippen LogP contribution in [0.5, 0.6) is 0 Å². The van der Waals surface area contributed by atoms with Crippen molar-refractivity contribution < 1.29 is 17.6 Å². The van der Waals surface area contributed by atoms with Crippen molar-refractivity contribution in [3.8, 4) is 0 Å². The van der Waals surface area contributed by atoms with Crippen LogP contribution in [0.4, 0.5) is 17.6 Å². The number of aromatic nitrogens is 2. The lowest BCUT2D eigenvalue weighted by Gasteiger charge is -2.05. The fourth-order valence-electron chi connectivity index (χ4n) is 0.719. The van der Waals surface area contributed by atoms with Gasteiger partial charge in [0.25, 0.3) is 12.9 Å². The van der Waals surface area contributed by atoms with Crippen LogP contribution in [0.15, 0.2) is 6.20 Å². The van der Waals surface area contributed by atoms with E-state index in [0.29, 0.717) is 0 Å². The Bertz CT molecular complexity index is 305. The summed E-state index contributed by atoms with van der Waals surface area (Å²) < 4.78 is 48.2. The molecule has 0 spiro atoms. The van der Waals surface area contributed by atoms with Crippen molar-refractivity contribution in [1.29, 1.82) is 0 Å². The monoisotopic (exact) mass is 214 g/mol. The summed E-state index contributed by atoms with van der Waals surface area (Å²) in [7, 11) is 0. The van der Waals surface area contributed by atoms with Crippen molar-refractivity contribution in [1.82, 2.24) is 9.97 Å². The number of hydrogen-bond acceptors (Lipinski definition) is 2. The summed E-state index contributed by atoms with van der Waals surface area (Å²) in [5.74, 6) is 0. The summed E-state index contributed by atoms with van der Waals surface area (Å²) in [5.41, 5.74) is -2.10. The Morgan fingerprint density at radius 1 is 1.08 bits per heavy atom. The number of hydrogen-bond donors (Lipinski definition) is 0. The molecule has 0 aliphatic carbocycles. The van der Waals surface area contributed by atoms with Crippen molar-refractivity contribution in [3.63, 3.8) is 0 Å². The molecule has 0 aromatic carbocycles. The van der Waals surface area contributed by atoms with E-state index in [1.165, 1.54) is 0 Å². The predicted octanol–water partition coefficient (Wildman–Crippen LogP) is 3.01. The second-order valence-electron chi connectivity index (χ2n) is 2.06. The number of rotatable bonds is 2. The summed E-state index contributed by atoms with van der Waals surface area (Å²) in [6, 6.07) is 0. The highest BCUT2D eigenvalue weighted by Gasteiger charge is 2.22. The lowest BCUT2D eigenvalue weighted by molar-refractivity contribution is 0.116. The van der Waals surface area contributed by atoms with Gasteiger partial charge in [0.1, 0.15) is 16.5 Å². The lowest BCUT2D eigenvalue weighted by atomic mass is 10.3. The van der Waals surface area contributed by atoms with Crippen LogP contribution < -0.4 is 0 Å². The van der Waals surface area contributed by atoms with Gasteiger partial charge >= 0.3 is 0 Å². The van der Waals surface area contributed by atoms with Crippen LogP contribution >= 0.6 is 11.6 Å². The van der Waals surface area contributed by atoms with Gasteiger partial charge in [0.2, 0.25) is 0 Å². The van der Waals surface area contributed by atoms with Gasteiger partial charge < -0.3 is 0 Å². The molecule has 0 unspecified atom stereocenters. The molecule has 1 aromatic rings. The van der Waals surface area contributed by atoms with E-state index in [4.69, 9.17) is 11.6 Å². The highest BCUT2D eigenvalue weighted by atomic mass is 35.5. The Morgan fingerprint density at radius 3 is 2.08 bits per heavy atom. The second kappa shape index (κ2) is 3.87. The Labute approximate surface area is 75.6 Å². The molecule has 2 nitrogen and oxygen atoms in total. The molecular formula is C6H3ClF4N2. The van der Waals surface area contributed by atoms with Gasteiger partial charge in [-0.2, -0.15) is 0 Å². The molecule has 0 aliphatic rings. The van der Waals surface area contributed by atoms with Gasteiger partial charge in [-0.1, -0.05) is 11.6 Å². The summed E-state index contributed by atoms with van der Waals surface area (Å²) >= 11 is 5.21. The number of alkyl halides is 4. The van der Waals surface area contributed by atoms with Crippen LogP contribution in [-0.2, 0) is 0 Å². The van der Waals surface area contributed by atoms with Crippen LogP contribution in [0, 0.1) is 0 Å². The Kier molecular flexibility index (Phi) is 3.02. The standard InChI is InChI=1S/C6H3ClF4N2/c7-2-1-12-3(5(8)9)4(13-2)6(10)11/h1,5-6H. The van der Waals surface area contributed by atoms with E-state index in [1.54, 1.807) is 0 Å². The third-order valence-corrected chi connectivity index (χ3v) is 1.40. The van der Waals surface area contributed by atoms with Gasteiger partial charge in [-0.3, -0.25) is 0 Å². The van der Waals surface area contributed by atoms with Crippen LogP contribution in [0.2, 0.25) is 5.15 Å². The largest absolute Gasteiger partial charge is 0.282 e. The average Bonchev–Trinajstić information content (AvgIpc) is 2.03. The maximum atomic E-state index is 12.1. The highest BCUT2D eigenvalue weighted by molar-refractivity contribution is 6.29. The lowest BCUT2D eigenvalue weighted by Crippen LogP contribution is -2.02. The molecule has 0 bridgehead atoms. The molecule has 0 aliphatic heterocycles. The zero-order valence-electron chi connectivity index (χ0n) is 6.02. The van der Waals surface area contributed by atoms with Gasteiger partial charge in [0.15, 0.2) is 0 Å². The van der Waals surface area contributed by atoms with E-state index < -0.39 is 24.2 Å². The Hall–Kier alpha value is -0.910. The third kappa shape index (κ3) is 2.27. The van der Waals surface area contributed by atoms with Crippen LogP contribution in [0.3, 0.4) is 0 Å². The molecule has 0 atom stereocenters. The maximum absolute atomic E-state index is 12.1. The first-order valence-electron chi connectivity index (χ1n) is 3.11. The zero-order chi connectivity index (χ0) is 10.0. The van der Waals surface area contributed by atoms with E-state index >= 15 is 0 Å². The van der Waals surface area contributed by atoms with E-state index in [0.717, 1.165) is 6.20 Å². The first kappa shape index (κ1) is 10.2. The van der Waals surface area contributed by atoms with Gasteiger partial charge in [0, 0.05) is 0 Å². The molecule has 7 heteroatoms. The minimum Gasteiger partial charge on any atom is -0.250 e. The fraction of sp³-hybridized carbons (Fsp3) is 0.333. The molecule has 0 saturated carbocycles. The molecule has 13 heavy (non-hydrogen) atoms. The van der Waals surface area contributed by atoms with Crippen LogP contribution in [0.25, 0.3) is 0 Å². The SMILES string of the molecule is FC(F)c1ncc(Cl)nc1C(F)F. The normalized spacial score (nSPS) is 11.3. The van der Waals surface area contributed by atoms with Gasteiger partial charge in [-0.15, -0.1) is 0 Å². The highest BCUT2D eigenvalue weighted by Crippen LogP contribution is 2.27. The maximum Gasteiger partial charge on any atom is 0.282 e. The minimum atomic E-state index is -3.10. The predicted molar refractivity (Wildman–Crippen MR) is 37.0 cm³/mol. The average molecular weight is 215 g/mol. The molecular weight excluding hydrogens is 212 g/mol. The second-order valence-corrected chi connectivity index (χ2v) is 2.45. The van der Waals surface area contributed by atoms with E-state index in [9.17, 15) is 17.6 Å². The van der Waals surface area contributed by atoms with Crippen molar-refractivity contribution in [2.75, 3.05) is 0 Å². The first-order chi connectivity index (χ1) is 6.02. The molecule has 0 radical (unpaired) electrons. The van der Waals surface area contributed by atoms with Crippen molar-refractivity contribution >= 4 is 11.6 Å². The van der Waals surface area contributed by atoms with Crippen LogP contribution in [-0.4, -0.2) is 9.97 Å². The fourth-order valence-corrected chi connectivity index (χ4v) is 0.859. The molecule has 1 heterocycles. The summed E-state index contributed by atoms with van der Waals surface area (Å²) in [6.45, 7) is 0. The molecule has 1 rings (SSSR count). The molecule has 1 aromatic heterocycles. The van der Waals surface area contributed by atoms with E-state index in [2.05, 4.69) is 9.97 Å². The molecule has 0 amide bonds. The third-order valence-electron chi connectivity index (χ3n) is 1.21. The van der Waals surface area contributed by atoms with Gasteiger partial charge in [0.05, 0.1) is 6.20 Å². The zero-order valence-corrected chi connectivity index (χ0v) is 6.77. The van der Waals surface area contributed by atoms with Crippen molar-refractivity contribution in [3.05, 3.63) is 22.7 Å². The quantitative estimate of drug-likeness (QED) is 0.708. The van der Waals surface area contributed by atoms with Crippen molar-refractivity contribution in [2.45, 2.75) is 12.9 Å². The van der Waals surface area contributed by atoms with E-state index in [-0.39, 0.29) is 5.15 Å². The Balaban J connectivity index is 3.19. The molecule has 0 N–H and O–H groups in total. The van der Waals surface area contributed by atoms with Gasteiger partial charge in [-0.25, -0.2) is 27.5 Å².